The number of esters is 1. The zero-order chi connectivity index (χ0) is 31.7. The van der Waals surface area contributed by atoms with Crippen molar-refractivity contribution in [2.24, 2.45) is 0 Å². The monoisotopic (exact) mass is 627 g/mol. The molecule has 1 aliphatic heterocycles. The Morgan fingerprint density at radius 3 is 2.51 bits per heavy atom. The molecule has 1 amide bonds. The minimum atomic E-state index is -3.97. The Balaban J connectivity index is 1.23. The molecule has 6 rings (SSSR count). The number of carbonyl (C=O) groups is 2. The summed E-state index contributed by atoms with van der Waals surface area (Å²) in [6.45, 7) is 6.99. The van der Waals surface area contributed by atoms with E-state index in [2.05, 4.69) is 14.9 Å². The second-order valence-corrected chi connectivity index (χ2v) is 12.7. The number of likely N-dealkylation sites (tertiary alicyclic amines) is 1. The van der Waals surface area contributed by atoms with Gasteiger partial charge in [0.2, 0.25) is 11.8 Å². The average Bonchev–Trinajstić information content (AvgIpc) is 3.69. The van der Waals surface area contributed by atoms with Crippen LogP contribution in [0.4, 0.5) is 5.88 Å². The van der Waals surface area contributed by atoms with Gasteiger partial charge in [-0.25, -0.2) is 22.9 Å². The smallest absolute Gasteiger partial charge is 0.340 e. The third kappa shape index (κ3) is 6.05. The van der Waals surface area contributed by atoms with Crippen molar-refractivity contribution in [2.75, 3.05) is 24.4 Å². The quantitative estimate of drug-likeness (QED) is 0.208. The second-order valence-electron chi connectivity index (χ2n) is 11.1. The van der Waals surface area contributed by atoms with E-state index in [4.69, 9.17) is 9.26 Å². The first-order valence-corrected chi connectivity index (χ1v) is 16.2. The summed E-state index contributed by atoms with van der Waals surface area (Å²) in [6, 6.07) is 19.7. The van der Waals surface area contributed by atoms with Crippen molar-refractivity contribution in [1.82, 2.24) is 19.6 Å². The van der Waals surface area contributed by atoms with Gasteiger partial charge in [-0.3, -0.25) is 4.79 Å². The predicted octanol–water partition coefficient (Wildman–Crippen LogP) is 5.24. The van der Waals surface area contributed by atoms with Gasteiger partial charge in [0.25, 0.3) is 10.0 Å². The molecule has 3 aromatic carbocycles. The van der Waals surface area contributed by atoms with Crippen LogP contribution < -0.4 is 4.72 Å². The number of anilines is 1. The molecule has 0 bridgehead atoms. The van der Waals surface area contributed by atoms with Crippen LogP contribution in [0.3, 0.4) is 0 Å². The standard InChI is InChI=1S/C33H33N5O6S/c1-21-22(2)35-44-32(21)36-45(41,42)29-11-5-4-8-26(29)25-15-13-24(14-16-25)20-38-23(3)34-28-10-6-9-27(31(28)38)33(40)43-19-18-37-17-7-12-30(37)39/h4-6,8-11,13-16,36H,7,12,17-20H2,1-3H3. The highest BCUT2D eigenvalue weighted by Gasteiger charge is 2.24. The number of carbonyl (C=O) groups excluding carboxylic acids is 2. The molecule has 0 aliphatic carbocycles. The Morgan fingerprint density at radius 1 is 1.02 bits per heavy atom. The number of sulfonamides is 1. The van der Waals surface area contributed by atoms with Gasteiger partial charge in [0.15, 0.2) is 0 Å². The lowest BCUT2D eigenvalue weighted by Gasteiger charge is -2.16. The van der Waals surface area contributed by atoms with Crippen molar-refractivity contribution in [1.29, 1.82) is 0 Å². The lowest BCUT2D eigenvalue weighted by Crippen LogP contribution is -2.29. The minimum absolute atomic E-state index is 0.0884. The first kappa shape index (κ1) is 30.1. The maximum Gasteiger partial charge on any atom is 0.340 e. The van der Waals surface area contributed by atoms with Crippen LogP contribution in [0.15, 0.2) is 76.1 Å². The largest absolute Gasteiger partial charge is 0.460 e. The van der Waals surface area contributed by atoms with Crippen LogP contribution in [-0.4, -0.2) is 59.6 Å². The second kappa shape index (κ2) is 12.2. The third-order valence-corrected chi connectivity index (χ3v) is 9.50. The summed E-state index contributed by atoms with van der Waals surface area (Å²) in [4.78, 5) is 31.5. The topological polar surface area (TPSA) is 137 Å². The highest BCUT2D eigenvalue weighted by atomic mass is 32.2. The van der Waals surface area contributed by atoms with Crippen molar-refractivity contribution < 1.29 is 27.3 Å². The molecular weight excluding hydrogens is 594 g/mol. The molecule has 12 heteroatoms. The summed E-state index contributed by atoms with van der Waals surface area (Å²) in [5, 5.41) is 3.84. The number of amides is 1. The summed E-state index contributed by atoms with van der Waals surface area (Å²) >= 11 is 0. The number of aryl methyl sites for hydroxylation is 2. The number of imidazole rings is 1. The van der Waals surface area contributed by atoms with Crippen molar-refractivity contribution in [3.05, 3.63) is 94.9 Å². The summed E-state index contributed by atoms with van der Waals surface area (Å²) in [7, 11) is -3.97. The highest BCUT2D eigenvalue weighted by Crippen LogP contribution is 2.31. The van der Waals surface area contributed by atoms with E-state index >= 15 is 0 Å². The molecule has 0 radical (unpaired) electrons. The van der Waals surface area contributed by atoms with E-state index in [0.29, 0.717) is 59.5 Å². The van der Waals surface area contributed by atoms with E-state index in [9.17, 15) is 18.0 Å². The minimum Gasteiger partial charge on any atom is -0.460 e. The number of benzene rings is 3. The van der Waals surface area contributed by atoms with Crippen LogP contribution in [0.5, 0.6) is 0 Å². The van der Waals surface area contributed by atoms with Crippen LogP contribution in [0.2, 0.25) is 0 Å². The number of nitrogens with one attached hydrogen (secondary N) is 1. The molecule has 11 nitrogen and oxygen atoms in total. The van der Waals surface area contributed by atoms with Crippen LogP contribution >= 0.6 is 0 Å². The van der Waals surface area contributed by atoms with E-state index in [-0.39, 0.29) is 23.3 Å². The SMILES string of the molecule is Cc1noc(NS(=O)(=O)c2ccccc2-c2ccc(Cn3c(C)nc4cccc(C(=O)OCCN5CCCC5=O)c43)cc2)c1C. The van der Waals surface area contributed by atoms with Gasteiger partial charge in [-0.05, 0) is 56.5 Å². The fraction of sp³-hybridized carbons (Fsp3) is 0.273. The maximum absolute atomic E-state index is 13.4. The van der Waals surface area contributed by atoms with Gasteiger partial charge in [0.1, 0.15) is 12.4 Å². The van der Waals surface area contributed by atoms with E-state index in [1.165, 1.54) is 0 Å². The summed E-state index contributed by atoms with van der Waals surface area (Å²) in [6.07, 6.45) is 1.37. The fourth-order valence-corrected chi connectivity index (χ4v) is 6.80. The van der Waals surface area contributed by atoms with Crippen molar-refractivity contribution in [3.8, 4) is 11.1 Å². The molecule has 0 spiro atoms. The zero-order valence-electron chi connectivity index (χ0n) is 25.2. The van der Waals surface area contributed by atoms with Crippen molar-refractivity contribution in [3.63, 3.8) is 0 Å². The van der Waals surface area contributed by atoms with Crippen LogP contribution in [0, 0.1) is 20.8 Å². The molecule has 1 N–H and O–H groups in total. The zero-order valence-corrected chi connectivity index (χ0v) is 26.1. The van der Waals surface area contributed by atoms with Crippen molar-refractivity contribution in [2.45, 2.75) is 45.1 Å². The molecule has 1 aliphatic rings. The van der Waals surface area contributed by atoms with E-state index < -0.39 is 16.0 Å². The maximum atomic E-state index is 13.4. The molecule has 1 fully saturated rings. The summed E-state index contributed by atoms with van der Waals surface area (Å²) in [5.41, 5.74) is 5.17. The van der Waals surface area contributed by atoms with Gasteiger partial charge in [-0.2, -0.15) is 0 Å². The molecule has 5 aromatic rings. The van der Waals surface area contributed by atoms with E-state index in [0.717, 1.165) is 23.4 Å². The summed E-state index contributed by atoms with van der Waals surface area (Å²) in [5.74, 6) is 0.445. The molecule has 0 saturated carbocycles. The highest BCUT2D eigenvalue weighted by molar-refractivity contribution is 7.92. The molecule has 45 heavy (non-hydrogen) atoms. The van der Waals surface area contributed by atoms with Gasteiger partial charge in [0.05, 0.1) is 33.7 Å². The van der Waals surface area contributed by atoms with Gasteiger partial charge in [-0.1, -0.05) is 53.7 Å². The Morgan fingerprint density at radius 2 is 1.80 bits per heavy atom. The number of rotatable bonds is 10. The van der Waals surface area contributed by atoms with Gasteiger partial charge in [0, 0.05) is 30.6 Å². The average molecular weight is 628 g/mol. The molecule has 3 heterocycles. The van der Waals surface area contributed by atoms with E-state index in [1.54, 1.807) is 55.1 Å². The predicted molar refractivity (Wildman–Crippen MR) is 168 cm³/mol. The molecule has 232 valence electrons. The van der Waals surface area contributed by atoms with Gasteiger partial charge in [-0.15, -0.1) is 0 Å². The number of hydrogen-bond donors (Lipinski definition) is 1. The van der Waals surface area contributed by atoms with Crippen LogP contribution in [0.25, 0.3) is 22.2 Å². The number of hydrogen-bond acceptors (Lipinski definition) is 8. The number of aromatic nitrogens is 3. The first-order valence-electron chi connectivity index (χ1n) is 14.7. The Bertz CT molecular complexity index is 2010. The first-order chi connectivity index (χ1) is 21.6. The molecule has 1 saturated heterocycles. The van der Waals surface area contributed by atoms with Crippen LogP contribution in [0.1, 0.15) is 45.8 Å². The Labute approximate surface area is 260 Å². The lowest BCUT2D eigenvalue weighted by atomic mass is 10.0. The summed E-state index contributed by atoms with van der Waals surface area (Å²) < 4.78 is 42.0. The number of ether oxygens (including phenoxy) is 1. The molecule has 2 aromatic heterocycles. The third-order valence-electron chi connectivity index (χ3n) is 8.11. The van der Waals surface area contributed by atoms with Gasteiger partial charge >= 0.3 is 5.97 Å². The Hall–Kier alpha value is -4.97. The number of nitrogens with zero attached hydrogens (tertiary/aromatic N) is 4. The van der Waals surface area contributed by atoms with E-state index in [1.807, 2.05) is 41.8 Å². The molecule has 0 atom stereocenters. The van der Waals surface area contributed by atoms with Crippen molar-refractivity contribution >= 4 is 38.8 Å². The number of para-hydroxylation sites is 1. The van der Waals surface area contributed by atoms with Crippen LogP contribution in [-0.2, 0) is 26.1 Å². The normalized spacial score (nSPS) is 13.5. The number of fused-ring (bicyclic) bond motifs is 1. The lowest BCUT2D eigenvalue weighted by molar-refractivity contribution is -0.128. The Kier molecular flexibility index (Phi) is 8.15. The molecular formula is C33H33N5O6S. The molecule has 0 unspecified atom stereocenters. The van der Waals surface area contributed by atoms with Gasteiger partial charge < -0.3 is 18.7 Å². The fourth-order valence-electron chi connectivity index (χ4n) is 5.53.